The average Bonchev–Trinajstić information content (AvgIpc) is 3.23. The molecule has 32 heavy (non-hydrogen) atoms. The summed E-state index contributed by atoms with van der Waals surface area (Å²) < 4.78 is 21.1. The Morgan fingerprint density at radius 3 is 2.69 bits per heavy atom. The second-order valence-electron chi connectivity index (χ2n) is 9.43. The van der Waals surface area contributed by atoms with E-state index in [4.69, 9.17) is 4.74 Å². The lowest BCUT2D eigenvalue weighted by Crippen LogP contribution is -2.25. The number of pyridine rings is 1. The van der Waals surface area contributed by atoms with Crippen molar-refractivity contribution < 1.29 is 13.9 Å². The van der Waals surface area contributed by atoms with Crippen LogP contribution in [0.2, 0.25) is 0 Å². The third-order valence-corrected chi connectivity index (χ3v) is 7.07. The van der Waals surface area contributed by atoms with Crippen LogP contribution in [0.25, 0.3) is 0 Å². The van der Waals surface area contributed by atoms with E-state index in [1.54, 1.807) is 12.3 Å². The Kier molecular flexibility index (Phi) is 7.44. The molecule has 0 amide bonds. The number of carbonyl (C=O) groups is 1. The van der Waals surface area contributed by atoms with Crippen LogP contribution in [0.1, 0.15) is 76.0 Å². The summed E-state index contributed by atoms with van der Waals surface area (Å²) in [5, 5.41) is 0. The molecule has 4 rings (SSSR count). The van der Waals surface area contributed by atoms with Crippen molar-refractivity contribution in [1.29, 1.82) is 0 Å². The normalized spacial score (nSPS) is 19.6. The Hall–Kier alpha value is -2.43. The van der Waals surface area contributed by atoms with E-state index in [-0.39, 0.29) is 17.8 Å². The van der Waals surface area contributed by atoms with Gasteiger partial charge < -0.3 is 9.64 Å². The number of aryl methyl sites for hydroxylation is 1. The maximum absolute atomic E-state index is 14.9. The fourth-order valence-electron chi connectivity index (χ4n) is 4.65. The van der Waals surface area contributed by atoms with E-state index in [0.717, 1.165) is 37.1 Å². The summed E-state index contributed by atoms with van der Waals surface area (Å²) in [6.45, 7) is 5.53. The Morgan fingerprint density at radius 2 is 2.00 bits per heavy atom. The molecule has 1 aliphatic carbocycles. The zero-order valence-corrected chi connectivity index (χ0v) is 19.4. The molecule has 1 aromatic heterocycles. The number of anilines is 1. The molecule has 1 aromatic carbocycles. The van der Waals surface area contributed by atoms with Crippen LogP contribution in [0, 0.1) is 11.7 Å². The van der Waals surface area contributed by atoms with Gasteiger partial charge >= 0.3 is 0 Å². The van der Waals surface area contributed by atoms with Gasteiger partial charge in [0, 0.05) is 31.5 Å². The molecule has 2 aliphatic rings. The number of nitrogens with zero attached hydrogens (tertiary/aromatic N) is 2. The molecule has 5 heteroatoms. The molecule has 2 fully saturated rings. The zero-order valence-electron chi connectivity index (χ0n) is 19.4. The van der Waals surface area contributed by atoms with E-state index in [9.17, 15) is 9.18 Å². The number of rotatable bonds is 10. The van der Waals surface area contributed by atoms with Gasteiger partial charge in [-0.3, -0.25) is 9.78 Å². The van der Waals surface area contributed by atoms with E-state index < -0.39 is 0 Å². The van der Waals surface area contributed by atoms with Crippen molar-refractivity contribution in [1.82, 2.24) is 4.98 Å². The number of aromatic nitrogens is 1. The van der Waals surface area contributed by atoms with Crippen molar-refractivity contribution >= 4 is 11.5 Å². The first-order chi connectivity index (χ1) is 15.5. The van der Waals surface area contributed by atoms with Crippen LogP contribution in [-0.4, -0.2) is 30.0 Å². The highest BCUT2D eigenvalue weighted by molar-refractivity contribution is 5.85. The summed E-state index contributed by atoms with van der Waals surface area (Å²) in [4.78, 5) is 18.8. The van der Waals surface area contributed by atoms with Crippen molar-refractivity contribution in [3.63, 3.8) is 0 Å². The summed E-state index contributed by atoms with van der Waals surface area (Å²) in [7, 11) is 0. The van der Waals surface area contributed by atoms with Gasteiger partial charge in [0.05, 0.1) is 17.9 Å². The van der Waals surface area contributed by atoms with Gasteiger partial charge in [-0.05, 0) is 42.5 Å². The molecule has 1 saturated carbocycles. The van der Waals surface area contributed by atoms with Crippen LogP contribution in [0.5, 0.6) is 5.75 Å². The number of ether oxygens (including phenoxy) is 1. The van der Waals surface area contributed by atoms with Gasteiger partial charge in [-0.15, -0.1) is 0 Å². The molecule has 2 aromatic rings. The highest BCUT2D eigenvalue weighted by Gasteiger charge is 2.27. The molecule has 2 heterocycles. The maximum atomic E-state index is 14.9. The topological polar surface area (TPSA) is 42.4 Å². The Bertz CT molecular complexity index is 910. The van der Waals surface area contributed by atoms with E-state index in [2.05, 4.69) is 16.8 Å². The Labute approximate surface area is 191 Å². The predicted octanol–water partition coefficient (Wildman–Crippen LogP) is 6.08. The summed E-state index contributed by atoms with van der Waals surface area (Å²) in [5.41, 5.74) is 2.24. The molecule has 0 spiro atoms. The average molecular weight is 439 g/mol. The summed E-state index contributed by atoms with van der Waals surface area (Å²) >= 11 is 0. The molecule has 172 valence electrons. The molecule has 0 bridgehead atoms. The highest BCUT2D eigenvalue weighted by Crippen LogP contribution is 2.33. The van der Waals surface area contributed by atoms with E-state index in [1.807, 2.05) is 31.2 Å². The number of benzene rings is 1. The Morgan fingerprint density at radius 1 is 1.22 bits per heavy atom. The third-order valence-electron chi connectivity index (χ3n) is 7.07. The second kappa shape index (κ2) is 10.5. The van der Waals surface area contributed by atoms with Crippen LogP contribution in [-0.2, 0) is 11.2 Å². The number of halogens is 1. The van der Waals surface area contributed by atoms with Crippen molar-refractivity contribution in [2.45, 2.75) is 77.2 Å². The first kappa shape index (κ1) is 22.8. The van der Waals surface area contributed by atoms with Gasteiger partial charge in [0.25, 0.3) is 0 Å². The lowest BCUT2D eigenvalue weighted by atomic mass is 9.79. The molecule has 1 unspecified atom stereocenters. The highest BCUT2D eigenvalue weighted by atomic mass is 19.1. The first-order valence-corrected chi connectivity index (χ1v) is 12.2. The standard InChI is InChI=1S/C27H35FN2O2/c1-3-4-8-24-27(28)25(13-15-29-24)30-16-14-23(18-30)32-22-11-9-21(10-12-22)19(2)26(31)17-20-6-5-7-20/h9-13,15,19-20,23H,3-8,14,16-18H2,1-2H3/t19?,23-/m1/s1. The molecule has 0 radical (unpaired) electrons. The van der Waals surface area contributed by atoms with Crippen LogP contribution in [0.4, 0.5) is 10.1 Å². The predicted molar refractivity (Wildman–Crippen MR) is 126 cm³/mol. The molecule has 4 nitrogen and oxygen atoms in total. The molecule has 0 N–H and O–H groups in total. The number of Topliss-reactive ketones (excluding diaryl/α,β-unsaturated/α-hetero) is 1. The Balaban J connectivity index is 1.32. The monoisotopic (exact) mass is 438 g/mol. The summed E-state index contributed by atoms with van der Waals surface area (Å²) in [6.07, 6.45) is 9.61. The van der Waals surface area contributed by atoms with Crippen molar-refractivity contribution in [2.75, 3.05) is 18.0 Å². The van der Waals surface area contributed by atoms with Crippen molar-refractivity contribution in [2.24, 2.45) is 5.92 Å². The van der Waals surface area contributed by atoms with E-state index in [0.29, 0.717) is 42.5 Å². The van der Waals surface area contributed by atoms with Crippen molar-refractivity contribution in [3.8, 4) is 5.75 Å². The summed E-state index contributed by atoms with van der Waals surface area (Å²) in [6, 6.07) is 9.70. The molecule has 2 atom stereocenters. The van der Waals surface area contributed by atoms with Gasteiger partial charge in [-0.1, -0.05) is 51.7 Å². The first-order valence-electron chi connectivity index (χ1n) is 12.2. The minimum Gasteiger partial charge on any atom is -0.489 e. The van der Waals surface area contributed by atoms with Crippen molar-refractivity contribution in [3.05, 3.63) is 53.6 Å². The molecule has 1 saturated heterocycles. The number of carbonyl (C=O) groups excluding carboxylic acids is 1. The molecular weight excluding hydrogens is 403 g/mol. The van der Waals surface area contributed by atoms with Gasteiger partial charge in [-0.2, -0.15) is 0 Å². The van der Waals surface area contributed by atoms with Crippen LogP contribution < -0.4 is 9.64 Å². The zero-order chi connectivity index (χ0) is 22.5. The lowest BCUT2D eigenvalue weighted by Gasteiger charge is -2.25. The molecule has 1 aliphatic heterocycles. The largest absolute Gasteiger partial charge is 0.489 e. The van der Waals surface area contributed by atoms with Gasteiger partial charge in [-0.25, -0.2) is 4.39 Å². The van der Waals surface area contributed by atoms with Gasteiger partial charge in [0.1, 0.15) is 17.6 Å². The van der Waals surface area contributed by atoms with Crippen LogP contribution in [0.15, 0.2) is 36.5 Å². The van der Waals surface area contributed by atoms with Gasteiger partial charge in [0.2, 0.25) is 0 Å². The number of ketones is 1. The van der Waals surface area contributed by atoms with E-state index >= 15 is 0 Å². The SMILES string of the molecule is CCCCc1nccc(N2CC[C@@H](Oc3ccc(C(C)C(=O)CC4CCC4)cc3)C2)c1F. The second-order valence-corrected chi connectivity index (χ2v) is 9.43. The van der Waals surface area contributed by atoms with Gasteiger partial charge in [0.15, 0.2) is 5.82 Å². The minimum absolute atomic E-state index is 0.0187. The number of hydrogen-bond acceptors (Lipinski definition) is 4. The maximum Gasteiger partial charge on any atom is 0.167 e. The fourth-order valence-corrected chi connectivity index (χ4v) is 4.65. The quantitative estimate of drug-likeness (QED) is 0.451. The number of hydrogen-bond donors (Lipinski definition) is 0. The summed E-state index contributed by atoms with van der Waals surface area (Å²) in [5.74, 6) is 1.49. The smallest absolute Gasteiger partial charge is 0.167 e. The van der Waals surface area contributed by atoms with E-state index in [1.165, 1.54) is 19.3 Å². The van der Waals surface area contributed by atoms with Crippen LogP contribution in [0.3, 0.4) is 0 Å². The van der Waals surface area contributed by atoms with Crippen LogP contribution >= 0.6 is 0 Å². The third kappa shape index (κ3) is 5.31. The fraction of sp³-hybridized carbons (Fsp3) is 0.556. The number of unbranched alkanes of at least 4 members (excludes halogenated alkanes) is 1. The molecular formula is C27H35FN2O2. The lowest BCUT2D eigenvalue weighted by molar-refractivity contribution is -0.121. The minimum atomic E-state index is -0.188.